The smallest absolute Gasteiger partial charge is 0.323 e. The lowest BCUT2D eigenvalue weighted by molar-refractivity contribution is -0.137. The monoisotopic (exact) mass is 467 g/mol. The predicted molar refractivity (Wildman–Crippen MR) is 125 cm³/mol. The van der Waals surface area contributed by atoms with Crippen molar-refractivity contribution >= 4 is 45.5 Å². The number of hydrogen-bond donors (Lipinski definition) is 2. The van der Waals surface area contributed by atoms with Gasteiger partial charge in [0.05, 0.1) is 11.7 Å². The molecule has 4 rings (SSSR count). The van der Waals surface area contributed by atoms with Gasteiger partial charge >= 0.3 is 5.97 Å². The van der Waals surface area contributed by atoms with Crippen LogP contribution in [0.3, 0.4) is 0 Å². The summed E-state index contributed by atoms with van der Waals surface area (Å²) in [5.74, 6) is -0.977. The predicted octanol–water partition coefficient (Wildman–Crippen LogP) is 3.00. The second-order valence-corrected chi connectivity index (χ2v) is 7.94. The lowest BCUT2D eigenvalue weighted by Gasteiger charge is -2.13. The Kier molecular flexibility index (Phi) is 6.15. The van der Waals surface area contributed by atoms with E-state index in [9.17, 15) is 19.5 Å². The standard InChI is InChI=1S/C23H22ClN5O4/c1-3-18-27-17-11-25-21-15(20(17)28(18)4-2)9-16(23(33)29(21)12-19(30)31)22(32)26-10-13-5-7-14(24)8-6-13/h5-9,11H,3-4,10,12H2,1-2H3,(H,26,32)(H,30,31). The molecule has 0 spiro atoms. The van der Waals surface area contributed by atoms with Crippen LogP contribution in [0.1, 0.15) is 35.6 Å². The SMILES string of the molecule is CCc1nc2cnc3c(cc(C(=O)NCc4ccc(Cl)cc4)c(=O)n3CC(=O)O)c2n1CC. The van der Waals surface area contributed by atoms with Crippen molar-refractivity contribution in [2.24, 2.45) is 0 Å². The van der Waals surface area contributed by atoms with Crippen molar-refractivity contribution in [2.45, 2.75) is 39.9 Å². The van der Waals surface area contributed by atoms with Crippen molar-refractivity contribution in [3.63, 3.8) is 0 Å². The molecule has 0 fully saturated rings. The van der Waals surface area contributed by atoms with Gasteiger partial charge in [-0.1, -0.05) is 30.7 Å². The molecule has 0 saturated heterocycles. The number of aryl methyl sites for hydroxylation is 2. The van der Waals surface area contributed by atoms with Gasteiger partial charge in [0.15, 0.2) is 0 Å². The Balaban J connectivity index is 1.88. The lowest BCUT2D eigenvalue weighted by Crippen LogP contribution is -2.34. The first-order valence-corrected chi connectivity index (χ1v) is 10.9. The number of carboxylic acid groups (broad SMARTS) is 1. The van der Waals surface area contributed by atoms with Crippen LogP contribution in [0.4, 0.5) is 0 Å². The topological polar surface area (TPSA) is 119 Å². The summed E-state index contributed by atoms with van der Waals surface area (Å²) in [6, 6.07) is 8.43. The fourth-order valence-electron chi connectivity index (χ4n) is 3.92. The highest BCUT2D eigenvalue weighted by atomic mass is 35.5. The third-order valence-corrected chi connectivity index (χ3v) is 5.69. The first-order valence-electron chi connectivity index (χ1n) is 10.5. The summed E-state index contributed by atoms with van der Waals surface area (Å²) in [4.78, 5) is 46.6. The molecule has 4 aromatic rings. The van der Waals surface area contributed by atoms with E-state index < -0.39 is 24.0 Å². The van der Waals surface area contributed by atoms with E-state index in [4.69, 9.17) is 11.6 Å². The van der Waals surface area contributed by atoms with Crippen molar-refractivity contribution in [1.29, 1.82) is 0 Å². The Bertz CT molecular complexity index is 1440. The maximum absolute atomic E-state index is 13.1. The summed E-state index contributed by atoms with van der Waals surface area (Å²) in [5.41, 5.74) is 1.46. The van der Waals surface area contributed by atoms with Gasteiger partial charge in [-0.05, 0) is 30.7 Å². The number of benzene rings is 1. The number of nitrogens with zero attached hydrogens (tertiary/aromatic N) is 4. The third-order valence-electron chi connectivity index (χ3n) is 5.44. The highest BCUT2D eigenvalue weighted by Gasteiger charge is 2.21. The summed E-state index contributed by atoms with van der Waals surface area (Å²) >= 11 is 5.90. The van der Waals surface area contributed by atoms with Gasteiger partial charge in [-0.15, -0.1) is 0 Å². The average Bonchev–Trinajstić information content (AvgIpc) is 3.18. The normalized spacial score (nSPS) is 11.2. The largest absolute Gasteiger partial charge is 0.480 e. The van der Waals surface area contributed by atoms with Crippen LogP contribution >= 0.6 is 11.6 Å². The minimum absolute atomic E-state index is 0.158. The number of amides is 1. The van der Waals surface area contributed by atoms with Crippen LogP contribution in [-0.4, -0.2) is 36.1 Å². The summed E-state index contributed by atoms with van der Waals surface area (Å²) < 4.78 is 3.01. The molecular weight excluding hydrogens is 446 g/mol. The summed E-state index contributed by atoms with van der Waals surface area (Å²) in [5, 5.41) is 13.2. The number of aromatic nitrogens is 4. The van der Waals surface area contributed by atoms with Crippen molar-refractivity contribution < 1.29 is 14.7 Å². The van der Waals surface area contributed by atoms with Gasteiger partial charge in [0.1, 0.15) is 29.1 Å². The zero-order valence-corrected chi connectivity index (χ0v) is 18.9. The Morgan fingerprint density at radius 3 is 2.52 bits per heavy atom. The highest BCUT2D eigenvalue weighted by molar-refractivity contribution is 6.30. The molecule has 1 amide bonds. The van der Waals surface area contributed by atoms with E-state index in [1.165, 1.54) is 12.3 Å². The van der Waals surface area contributed by atoms with Gasteiger partial charge in [-0.25, -0.2) is 9.97 Å². The first-order chi connectivity index (χ1) is 15.8. The van der Waals surface area contributed by atoms with Gasteiger partial charge in [0, 0.05) is 29.9 Å². The second kappa shape index (κ2) is 9.03. The van der Waals surface area contributed by atoms with E-state index >= 15 is 0 Å². The molecule has 10 heteroatoms. The van der Waals surface area contributed by atoms with Gasteiger partial charge < -0.3 is 15.0 Å². The van der Waals surface area contributed by atoms with Crippen LogP contribution in [0.15, 0.2) is 41.3 Å². The number of rotatable bonds is 7. The van der Waals surface area contributed by atoms with Crippen LogP contribution in [0.25, 0.3) is 22.1 Å². The minimum Gasteiger partial charge on any atom is -0.480 e. The van der Waals surface area contributed by atoms with Crippen molar-refractivity contribution in [1.82, 2.24) is 24.4 Å². The molecule has 3 aromatic heterocycles. The fraction of sp³-hybridized carbons (Fsp3) is 0.261. The number of hydrogen-bond acceptors (Lipinski definition) is 5. The number of aliphatic carboxylic acids is 1. The van der Waals surface area contributed by atoms with Crippen molar-refractivity contribution in [2.75, 3.05) is 0 Å². The minimum atomic E-state index is -1.21. The molecule has 0 bridgehead atoms. The van der Waals surface area contributed by atoms with E-state index in [2.05, 4.69) is 15.3 Å². The zero-order chi connectivity index (χ0) is 23.7. The van der Waals surface area contributed by atoms with E-state index in [1.54, 1.807) is 24.3 Å². The fourth-order valence-corrected chi connectivity index (χ4v) is 4.05. The quantitative estimate of drug-likeness (QED) is 0.431. The van der Waals surface area contributed by atoms with Crippen LogP contribution in [0, 0.1) is 0 Å². The van der Waals surface area contributed by atoms with E-state index in [1.807, 2.05) is 18.4 Å². The molecule has 33 heavy (non-hydrogen) atoms. The molecular formula is C23H22ClN5O4. The number of nitrogens with one attached hydrogen (secondary N) is 1. The summed E-state index contributed by atoms with van der Waals surface area (Å²) in [6.07, 6.45) is 2.22. The number of carbonyl (C=O) groups is 2. The van der Waals surface area contributed by atoms with E-state index in [-0.39, 0.29) is 17.8 Å². The molecule has 0 radical (unpaired) electrons. The molecule has 1 aromatic carbocycles. The number of fused-ring (bicyclic) bond motifs is 3. The van der Waals surface area contributed by atoms with Crippen molar-refractivity contribution in [3.8, 4) is 0 Å². The Labute approximate surface area is 193 Å². The molecule has 0 saturated carbocycles. The Hall–Kier alpha value is -3.72. The third kappa shape index (κ3) is 4.19. The van der Waals surface area contributed by atoms with Crippen LogP contribution in [-0.2, 0) is 30.8 Å². The number of carbonyl (C=O) groups excluding carboxylic acids is 1. The average molecular weight is 468 g/mol. The first kappa shape index (κ1) is 22.5. The molecule has 0 unspecified atom stereocenters. The van der Waals surface area contributed by atoms with Crippen LogP contribution in [0.5, 0.6) is 0 Å². The second-order valence-electron chi connectivity index (χ2n) is 7.51. The molecule has 170 valence electrons. The van der Waals surface area contributed by atoms with Gasteiger partial charge in [-0.3, -0.25) is 19.0 Å². The number of imidazole rings is 1. The molecule has 9 nitrogen and oxygen atoms in total. The molecule has 3 heterocycles. The van der Waals surface area contributed by atoms with Crippen LogP contribution < -0.4 is 10.9 Å². The van der Waals surface area contributed by atoms with Gasteiger partial charge in [-0.2, -0.15) is 0 Å². The Morgan fingerprint density at radius 1 is 1.15 bits per heavy atom. The highest BCUT2D eigenvalue weighted by Crippen LogP contribution is 2.25. The number of pyridine rings is 2. The molecule has 0 aliphatic carbocycles. The van der Waals surface area contributed by atoms with Crippen LogP contribution in [0.2, 0.25) is 5.02 Å². The molecule has 0 aliphatic rings. The number of carboxylic acids is 1. The lowest BCUT2D eigenvalue weighted by atomic mass is 10.1. The molecule has 0 atom stereocenters. The molecule has 2 N–H and O–H groups in total. The summed E-state index contributed by atoms with van der Waals surface area (Å²) in [7, 11) is 0. The van der Waals surface area contributed by atoms with E-state index in [0.717, 1.165) is 16.0 Å². The van der Waals surface area contributed by atoms with Gasteiger partial charge in [0.25, 0.3) is 11.5 Å². The van der Waals surface area contributed by atoms with Crippen molar-refractivity contribution in [3.05, 3.63) is 68.9 Å². The zero-order valence-electron chi connectivity index (χ0n) is 18.1. The molecule has 0 aliphatic heterocycles. The Morgan fingerprint density at radius 2 is 1.88 bits per heavy atom. The maximum atomic E-state index is 13.1. The van der Waals surface area contributed by atoms with E-state index in [0.29, 0.717) is 34.4 Å². The van der Waals surface area contributed by atoms with Gasteiger partial charge in [0.2, 0.25) is 0 Å². The number of halogens is 1. The maximum Gasteiger partial charge on any atom is 0.323 e. The summed E-state index contributed by atoms with van der Waals surface area (Å²) in [6.45, 7) is 4.14.